The van der Waals surface area contributed by atoms with Crippen molar-refractivity contribution in [2.75, 3.05) is 0 Å². The van der Waals surface area contributed by atoms with Crippen molar-refractivity contribution in [1.82, 2.24) is 28.8 Å². The fourth-order valence-electron chi connectivity index (χ4n) is 4.44. The molecule has 1 saturated carbocycles. The summed E-state index contributed by atoms with van der Waals surface area (Å²) in [5.74, 6) is -0.301. The van der Waals surface area contributed by atoms with Gasteiger partial charge in [-0.25, -0.2) is 9.97 Å². The van der Waals surface area contributed by atoms with Gasteiger partial charge < -0.3 is 14.5 Å². The van der Waals surface area contributed by atoms with Crippen LogP contribution in [0.2, 0.25) is 0 Å². The van der Waals surface area contributed by atoms with Crippen molar-refractivity contribution in [3.05, 3.63) is 70.6 Å². The van der Waals surface area contributed by atoms with Crippen molar-refractivity contribution >= 4 is 22.6 Å². The normalized spacial score (nSPS) is 14.4. The summed E-state index contributed by atoms with van der Waals surface area (Å²) in [7, 11) is 0. The molecule has 4 heterocycles. The Morgan fingerprint density at radius 3 is 2.81 bits per heavy atom. The van der Waals surface area contributed by atoms with Crippen molar-refractivity contribution < 1.29 is 4.79 Å². The first-order valence-electron chi connectivity index (χ1n) is 11.0. The van der Waals surface area contributed by atoms with Crippen LogP contribution in [-0.2, 0) is 13.1 Å². The topological polar surface area (TPSA) is 110 Å². The van der Waals surface area contributed by atoms with Crippen LogP contribution in [0.4, 0.5) is 0 Å². The van der Waals surface area contributed by atoms with Crippen LogP contribution in [-0.4, -0.2) is 35.5 Å². The van der Waals surface area contributed by atoms with E-state index in [1.807, 2.05) is 16.8 Å². The highest BCUT2D eigenvalue weighted by Gasteiger charge is 2.21. The monoisotopic (exact) mass is 431 g/mol. The lowest BCUT2D eigenvalue weighted by atomic mass is 10.1. The fraction of sp³-hybridized carbons (Fsp3) is 0.348. The van der Waals surface area contributed by atoms with E-state index in [0.29, 0.717) is 36.2 Å². The molecule has 4 aromatic heterocycles. The van der Waals surface area contributed by atoms with Gasteiger partial charge in [-0.15, -0.1) is 0 Å². The van der Waals surface area contributed by atoms with Gasteiger partial charge in [-0.2, -0.15) is 0 Å². The molecule has 0 unspecified atom stereocenters. The standard InChI is InChI=1S/C23H25N7O2/c24-20-17(22(31)26-16-6-1-2-7-16)14-18-21(27-19-8-3-4-11-29(19)23(18)32)30(20)12-5-10-28-13-9-25-15-28/h3-4,8-9,11,13-16,24H,1-2,5-7,10,12H2,(H,26,31). The smallest absolute Gasteiger partial charge is 0.267 e. The number of nitrogens with zero attached hydrogens (tertiary/aromatic N) is 5. The number of hydrogen-bond donors (Lipinski definition) is 2. The number of aryl methyl sites for hydroxylation is 2. The molecule has 5 rings (SSSR count). The highest BCUT2D eigenvalue weighted by atomic mass is 16.2. The molecule has 164 valence electrons. The summed E-state index contributed by atoms with van der Waals surface area (Å²) in [5.41, 5.74) is 0.974. The number of nitrogens with one attached hydrogen (secondary N) is 2. The summed E-state index contributed by atoms with van der Waals surface area (Å²) in [4.78, 5) is 35.0. The van der Waals surface area contributed by atoms with E-state index in [1.165, 1.54) is 10.5 Å². The lowest BCUT2D eigenvalue weighted by Crippen LogP contribution is -2.38. The van der Waals surface area contributed by atoms with Crippen LogP contribution in [0.1, 0.15) is 42.5 Å². The summed E-state index contributed by atoms with van der Waals surface area (Å²) < 4.78 is 5.12. The number of rotatable bonds is 6. The Kier molecular flexibility index (Phi) is 5.30. The zero-order valence-electron chi connectivity index (χ0n) is 17.7. The molecule has 0 aromatic carbocycles. The van der Waals surface area contributed by atoms with Crippen LogP contribution >= 0.6 is 0 Å². The summed E-state index contributed by atoms with van der Waals surface area (Å²) in [5, 5.41) is 12.2. The Morgan fingerprint density at radius 2 is 2.03 bits per heavy atom. The second-order valence-electron chi connectivity index (χ2n) is 8.25. The molecular formula is C23H25N7O2. The minimum Gasteiger partial charge on any atom is -0.349 e. The largest absolute Gasteiger partial charge is 0.349 e. The maximum atomic E-state index is 13.2. The van der Waals surface area contributed by atoms with Gasteiger partial charge in [0.15, 0.2) is 0 Å². The Hall–Kier alpha value is -3.75. The lowest BCUT2D eigenvalue weighted by molar-refractivity contribution is 0.0935. The Bertz CT molecular complexity index is 1400. The maximum absolute atomic E-state index is 13.2. The number of hydrogen-bond acceptors (Lipinski definition) is 5. The van der Waals surface area contributed by atoms with Crippen LogP contribution < -0.4 is 16.4 Å². The van der Waals surface area contributed by atoms with Gasteiger partial charge in [-0.1, -0.05) is 18.9 Å². The second kappa shape index (κ2) is 8.41. The summed E-state index contributed by atoms with van der Waals surface area (Å²) in [6.07, 6.45) is 11.8. The van der Waals surface area contributed by atoms with Crippen LogP contribution in [0.5, 0.6) is 0 Å². The van der Waals surface area contributed by atoms with Gasteiger partial charge in [0, 0.05) is 37.7 Å². The predicted octanol–water partition coefficient (Wildman–Crippen LogP) is 2.09. The molecule has 1 aliphatic carbocycles. The fourth-order valence-corrected chi connectivity index (χ4v) is 4.44. The van der Waals surface area contributed by atoms with Crippen LogP contribution in [0.25, 0.3) is 16.7 Å². The third-order valence-electron chi connectivity index (χ3n) is 6.11. The number of carbonyl (C=O) groups is 1. The summed E-state index contributed by atoms with van der Waals surface area (Å²) in [6.45, 7) is 1.16. The van der Waals surface area contributed by atoms with Crippen molar-refractivity contribution in [2.45, 2.75) is 51.2 Å². The van der Waals surface area contributed by atoms with E-state index in [9.17, 15) is 9.59 Å². The van der Waals surface area contributed by atoms with E-state index in [4.69, 9.17) is 5.41 Å². The Labute approximate surface area is 183 Å². The van der Waals surface area contributed by atoms with Gasteiger partial charge in [-0.05, 0) is 37.5 Å². The minimum atomic E-state index is -0.301. The maximum Gasteiger partial charge on any atom is 0.267 e. The van der Waals surface area contributed by atoms with Gasteiger partial charge in [0.2, 0.25) is 0 Å². The van der Waals surface area contributed by atoms with Gasteiger partial charge in [0.1, 0.15) is 16.8 Å². The minimum absolute atomic E-state index is 0.0748. The molecular weight excluding hydrogens is 406 g/mol. The molecule has 1 amide bonds. The average Bonchev–Trinajstić information content (AvgIpc) is 3.50. The lowest BCUT2D eigenvalue weighted by Gasteiger charge is -2.16. The first-order valence-corrected chi connectivity index (χ1v) is 11.0. The van der Waals surface area contributed by atoms with E-state index in [0.717, 1.165) is 25.7 Å². The Balaban J connectivity index is 1.61. The molecule has 0 radical (unpaired) electrons. The first kappa shape index (κ1) is 20.2. The average molecular weight is 432 g/mol. The van der Waals surface area contributed by atoms with E-state index in [1.54, 1.807) is 35.4 Å². The number of amides is 1. The molecule has 0 aliphatic heterocycles. The summed E-state index contributed by atoms with van der Waals surface area (Å²) >= 11 is 0. The highest BCUT2D eigenvalue weighted by Crippen LogP contribution is 2.18. The number of fused-ring (bicyclic) bond motifs is 2. The van der Waals surface area contributed by atoms with Crippen LogP contribution in [0, 0.1) is 5.41 Å². The SMILES string of the molecule is N=c1c(C(=O)NC2CCCC2)cc2c(=O)n3ccccc3nc2n1CCCn1ccnc1. The van der Waals surface area contributed by atoms with Crippen molar-refractivity contribution in [2.24, 2.45) is 0 Å². The molecule has 0 saturated heterocycles. The summed E-state index contributed by atoms with van der Waals surface area (Å²) in [6, 6.07) is 7.02. The molecule has 0 bridgehead atoms. The molecule has 4 aromatic rings. The van der Waals surface area contributed by atoms with E-state index in [2.05, 4.69) is 15.3 Å². The van der Waals surface area contributed by atoms with Crippen molar-refractivity contribution in [3.8, 4) is 0 Å². The third kappa shape index (κ3) is 3.70. The zero-order valence-corrected chi connectivity index (χ0v) is 17.7. The molecule has 2 N–H and O–H groups in total. The third-order valence-corrected chi connectivity index (χ3v) is 6.11. The van der Waals surface area contributed by atoms with E-state index >= 15 is 0 Å². The van der Waals surface area contributed by atoms with Gasteiger partial charge in [0.25, 0.3) is 11.5 Å². The van der Waals surface area contributed by atoms with Crippen molar-refractivity contribution in [1.29, 1.82) is 5.41 Å². The number of aromatic nitrogens is 5. The second-order valence-corrected chi connectivity index (χ2v) is 8.25. The molecule has 0 spiro atoms. The first-order chi connectivity index (χ1) is 15.6. The molecule has 9 heteroatoms. The number of pyridine rings is 2. The quantitative estimate of drug-likeness (QED) is 0.456. The van der Waals surface area contributed by atoms with Gasteiger partial charge in [0.05, 0.1) is 17.3 Å². The molecule has 1 aliphatic rings. The Morgan fingerprint density at radius 1 is 1.19 bits per heavy atom. The molecule has 32 heavy (non-hydrogen) atoms. The van der Waals surface area contributed by atoms with Gasteiger partial charge >= 0.3 is 0 Å². The zero-order chi connectivity index (χ0) is 22.1. The number of imidazole rings is 1. The van der Waals surface area contributed by atoms with Crippen molar-refractivity contribution in [3.63, 3.8) is 0 Å². The number of carbonyl (C=O) groups excluding carboxylic acids is 1. The van der Waals surface area contributed by atoms with Gasteiger partial charge in [-0.3, -0.25) is 19.4 Å². The highest BCUT2D eigenvalue weighted by molar-refractivity contribution is 5.97. The van der Waals surface area contributed by atoms with E-state index in [-0.39, 0.29) is 28.6 Å². The predicted molar refractivity (Wildman–Crippen MR) is 119 cm³/mol. The molecule has 0 atom stereocenters. The van der Waals surface area contributed by atoms with E-state index < -0.39 is 0 Å². The molecule has 1 fully saturated rings. The van der Waals surface area contributed by atoms with Crippen LogP contribution in [0.15, 0.2) is 54.0 Å². The molecule has 9 nitrogen and oxygen atoms in total. The van der Waals surface area contributed by atoms with Crippen LogP contribution in [0.3, 0.4) is 0 Å².